The van der Waals surface area contributed by atoms with E-state index in [1.807, 2.05) is 55.8 Å². The van der Waals surface area contributed by atoms with Crippen molar-refractivity contribution in [1.82, 2.24) is 20.2 Å². The van der Waals surface area contributed by atoms with Crippen molar-refractivity contribution >= 4 is 11.8 Å². The maximum absolute atomic E-state index is 12.5. The Labute approximate surface area is 187 Å². The summed E-state index contributed by atoms with van der Waals surface area (Å²) in [6.45, 7) is 6.45. The Bertz CT molecular complexity index is 1030. The fourth-order valence-corrected chi connectivity index (χ4v) is 3.18. The summed E-state index contributed by atoms with van der Waals surface area (Å²) in [4.78, 5) is 28.9. The van der Waals surface area contributed by atoms with Gasteiger partial charge in [-0.1, -0.05) is 12.1 Å². The first-order chi connectivity index (χ1) is 15.5. The predicted octanol–water partition coefficient (Wildman–Crippen LogP) is 3.28. The van der Waals surface area contributed by atoms with Crippen LogP contribution in [0.5, 0.6) is 11.5 Å². The average molecular weight is 437 g/mol. The molecule has 1 atom stereocenters. The molecule has 1 aromatic heterocycles. The zero-order valence-electron chi connectivity index (χ0n) is 18.5. The van der Waals surface area contributed by atoms with Crippen LogP contribution in [0.2, 0.25) is 0 Å². The molecule has 2 amide bonds. The molecule has 8 nitrogen and oxygen atoms in total. The Morgan fingerprint density at radius 3 is 2.41 bits per heavy atom. The number of imidazole rings is 1. The zero-order valence-corrected chi connectivity index (χ0v) is 18.5. The number of carbonyl (C=O) groups excluding carboxylic acids is 2. The third-order valence-electron chi connectivity index (χ3n) is 4.79. The summed E-state index contributed by atoms with van der Waals surface area (Å²) in [6.07, 6.45) is 5.31. The van der Waals surface area contributed by atoms with Crippen molar-refractivity contribution in [3.8, 4) is 17.2 Å². The maximum atomic E-state index is 12.5. The minimum Gasteiger partial charge on any atom is -0.490 e. The molecule has 168 valence electrons. The van der Waals surface area contributed by atoms with Gasteiger partial charge < -0.3 is 24.7 Å². The molecular weight excluding hydrogens is 408 g/mol. The van der Waals surface area contributed by atoms with Crippen LogP contribution in [0.25, 0.3) is 5.69 Å². The van der Waals surface area contributed by atoms with E-state index in [1.54, 1.807) is 30.7 Å². The Balaban J connectivity index is 1.53. The molecule has 2 aromatic carbocycles. The van der Waals surface area contributed by atoms with E-state index in [0.717, 1.165) is 11.3 Å². The Kier molecular flexibility index (Phi) is 7.85. The number of carbonyl (C=O) groups is 2. The van der Waals surface area contributed by atoms with Crippen LogP contribution in [0, 0.1) is 0 Å². The lowest BCUT2D eigenvalue weighted by atomic mass is 10.1. The number of ether oxygens (including phenoxy) is 2. The van der Waals surface area contributed by atoms with Crippen molar-refractivity contribution in [2.24, 2.45) is 0 Å². The van der Waals surface area contributed by atoms with Gasteiger partial charge in [0.15, 0.2) is 11.5 Å². The van der Waals surface area contributed by atoms with Gasteiger partial charge in [-0.25, -0.2) is 4.98 Å². The lowest BCUT2D eigenvalue weighted by Crippen LogP contribution is -2.38. The van der Waals surface area contributed by atoms with E-state index < -0.39 is 0 Å². The van der Waals surface area contributed by atoms with E-state index in [1.165, 1.54) is 0 Å². The molecule has 3 rings (SSSR count). The molecule has 0 unspecified atom stereocenters. The summed E-state index contributed by atoms with van der Waals surface area (Å²) >= 11 is 0. The molecule has 3 aromatic rings. The highest BCUT2D eigenvalue weighted by Crippen LogP contribution is 2.28. The summed E-state index contributed by atoms with van der Waals surface area (Å²) in [5, 5.41) is 5.54. The van der Waals surface area contributed by atoms with Gasteiger partial charge in [0.1, 0.15) is 0 Å². The van der Waals surface area contributed by atoms with Gasteiger partial charge in [0.25, 0.3) is 5.91 Å². The van der Waals surface area contributed by atoms with E-state index >= 15 is 0 Å². The quantitative estimate of drug-likeness (QED) is 0.509. The smallest absolute Gasteiger partial charge is 0.251 e. The highest BCUT2D eigenvalue weighted by Gasteiger charge is 2.14. The fourth-order valence-electron chi connectivity index (χ4n) is 3.18. The largest absolute Gasteiger partial charge is 0.490 e. The number of hydrogen-bond acceptors (Lipinski definition) is 5. The van der Waals surface area contributed by atoms with Gasteiger partial charge in [-0.05, 0) is 56.7 Å². The molecule has 0 fully saturated rings. The number of nitrogens with one attached hydrogen (secondary N) is 2. The topological polar surface area (TPSA) is 94.5 Å². The van der Waals surface area contributed by atoms with Crippen LogP contribution in [0.15, 0.2) is 61.2 Å². The van der Waals surface area contributed by atoms with Gasteiger partial charge >= 0.3 is 0 Å². The number of amides is 2. The molecule has 8 heteroatoms. The number of nitrogens with zero attached hydrogens (tertiary/aromatic N) is 2. The molecule has 32 heavy (non-hydrogen) atoms. The predicted molar refractivity (Wildman–Crippen MR) is 121 cm³/mol. The lowest BCUT2D eigenvalue weighted by Gasteiger charge is -2.16. The summed E-state index contributed by atoms with van der Waals surface area (Å²) in [5.41, 5.74) is 2.34. The van der Waals surface area contributed by atoms with E-state index in [4.69, 9.17) is 9.47 Å². The second-order valence-corrected chi connectivity index (χ2v) is 7.06. The van der Waals surface area contributed by atoms with Crippen LogP contribution in [-0.4, -0.2) is 41.1 Å². The second-order valence-electron chi connectivity index (χ2n) is 7.06. The summed E-state index contributed by atoms with van der Waals surface area (Å²) in [6, 6.07) is 12.6. The Hall–Kier alpha value is -3.81. The van der Waals surface area contributed by atoms with Crippen molar-refractivity contribution in [3.63, 3.8) is 0 Å². The minimum atomic E-state index is -0.360. The minimum absolute atomic E-state index is 0.131. The van der Waals surface area contributed by atoms with Crippen LogP contribution in [-0.2, 0) is 4.79 Å². The number of benzene rings is 2. The molecule has 0 aliphatic rings. The van der Waals surface area contributed by atoms with Gasteiger partial charge in [-0.3, -0.25) is 9.59 Å². The average Bonchev–Trinajstić information content (AvgIpc) is 3.34. The first kappa shape index (κ1) is 22.9. The molecule has 2 N–H and O–H groups in total. The van der Waals surface area contributed by atoms with E-state index in [-0.39, 0.29) is 24.4 Å². The maximum Gasteiger partial charge on any atom is 0.251 e. The SMILES string of the molecule is CCOc1ccc(C(=O)NCC(=O)N[C@H](C)c2ccc(-n3ccnc3)cc2)cc1OCC. The van der Waals surface area contributed by atoms with Gasteiger partial charge in [0.05, 0.1) is 32.1 Å². The van der Waals surface area contributed by atoms with Gasteiger partial charge in [0, 0.05) is 23.6 Å². The molecule has 1 heterocycles. The fraction of sp³-hybridized carbons (Fsp3) is 0.292. The van der Waals surface area contributed by atoms with Crippen LogP contribution >= 0.6 is 0 Å². The highest BCUT2D eigenvalue weighted by molar-refractivity contribution is 5.97. The third-order valence-corrected chi connectivity index (χ3v) is 4.79. The second kappa shape index (κ2) is 11.0. The standard InChI is InChI=1S/C24H28N4O4/c1-4-31-21-11-8-19(14-22(21)32-5-2)24(30)26-15-23(29)27-17(3)18-6-9-20(10-7-18)28-13-12-25-16-28/h6-14,16-17H,4-5,15H2,1-3H3,(H,26,30)(H,27,29)/t17-/m1/s1. The normalized spacial score (nSPS) is 11.5. The monoisotopic (exact) mass is 436 g/mol. The van der Waals surface area contributed by atoms with E-state index in [9.17, 15) is 9.59 Å². The molecule has 0 spiro atoms. The van der Waals surface area contributed by atoms with Crippen molar-refractivity contribution in [2.75, 3.05) is 19.8 Å². The molecule has 0 aliphatic carbocycles. The van der Waals surface area contributed by atoms with E-state index in [2.05, 4.69) is 15.6 Å². The summed E-state index contributed by atoms with van der Waals surface area (Å²) in [7, 11) is 0. The molecule has 0 saturated carbocycles. The first-order valence-corrected chi connectivity index (χ1v) is 10.6. The molecule has 0 saturated heterocycles. The third kappa shape index (κ3) is 5.87. The van der Waals surface area contributed by atoms with E-state index in [0.29, 0.717) is 30.3 Å². The first-order valence-electron chi connectivity index (χ1n) is 10.6. The van der Waals surface area contributed by atoms with Crippen LogP contribution in [0.4, 0.5) is 0 Å². The van der Waals surface area contributed by atoms with Crippen LogP contribution in [0.3, 0.4) is 0 Å². The van der Waals surface area contributed by atoms with Crippen molar-refractivity contribution in [2.45, 2.75) is 26.8 Å². The molecule has 0 bridgehead atoms. The van der Waals surface area contributed by atoms with Crippen molar-refractivity contribution < 1.29 is 19.1 Å². The van der Waals surface area contributed by atoms with Gasteiger partial charge in [-0.2, -0.15) is 0 Å². The molecule has 0 radical (unpaired) electrons. The van der Waals surface area contributed by atoms with Crippen LogP contribution in [0.1, 0.15) is 42.7 Å². The van der Waals surface area contributed by atoms with Crippen molar-refractivity contribution in [3.05, 3.63) is 72.3 Å². The lowest BCUT2D eigenvalue weighted by molar-refractivity contribution is -0.120. The number of rotatable bonds is 10. The highest BCUT2D eigenvalue weighted by atomic mass is 16.5. The van der Waals surface area contributed by atoms with Crippen LogP contribution < -0.4 is 20.1 Å². The van der Waals surface area contributed by atoms with Gasteiger partial charge in [0.2, 0.25) is 5.91 Å². The van der Waals surface area contributed by atoms with Crippen molar-refractivity contribution in [1.29, 1.82) is 0 Å². The zero-order chi connectivity index (χ0) is 22.9. The summed E-state index contributed by atoms with van der Waals surface area (Å²) < 4.78 is 13.0. The summed E-state index contributed by atoms with van der Waals surface area (Å²) in [5.74, 6) is 0.442. The molecular formula is C24H28N4O4. The Morgan fingerprint density at radius 2 is 1.75 bits per heavy atom. The number of hydrogen-bond donors (Lipinski definition) is 2. The number of aromatic nitrogens is 2. The Morgan fingerprint density at radius 1 is 1.03 bits per heavy atom. The molecule has 0 aliphatic heterocycles. The van der Waals surface area contributed by atoms with Gasteiger partial charge in [-0.15, -0.1) is 0 Å².